The molecular weight excluding hydrogens is 512 g/mol. The number of thiophene rings is 1. The van der Waals surface area contributed by atoms with Gasteiger partial charge in [0.15, 0.2) is 11.5 Å². The lowest BCUT2D eigenvalue weighted by Crippen LogP contribution is -2.69. The van der Waals surface area contributed by atoms with Crippen molar-refractivity contribution < 1.29 is 9.47 Å². The molecule has 40 heavy (non-hydrogen) atoms. The molecule has 2 aromatic carbocycles. The summed E-state index contributed by atoms with van der Waals surface area (Å²) in [5.74, 6) is 5.30. The number of methoxy groups -OCH3 is 1. The number of piperidine rings is 1. The number of hydrogen-bond donors (Lipinski definition) is 0. The molecule has 2 aliphatic heterocycles. The standard InChI is InChI=1S/C35H40N2O2S/c1-38-29-10-9-25-17-30-34-13-11-28-31(26(18-34)21-37(28)20-23-5-3-2-4-6-23)35(34,14-15-36(30)19-24-7-8-24)32(25)33(29)39-27-12-16-40-22-27/h2-6,9-10,12,16,22,24,26,28,30-31H,7-8,11,13-15,17-21H2,1H3/t26-,28+,30?,31?,34?,35?/m1/s1. The molecule has 5 heteroatoms. The first-order valence-corrected chi connectivity index (χ1v) is 16.6. The fourth-order valence-corrected chi connectivity index (χ4v) is 11.4. The van der Waals surface area contributed by atoms with Crippen molar-refractivity contribution >= 4 is 11.3 Å². The molecule has 0 spiro atoms. The van der Waals surface area contributed by atoms with Crippen LogP contribution in [0.15, 0.2) is 59.3 Å². The minimum absolute atomic E-state index is 0.171. The number of hydrogen-bond acceptors (Lipinski definition) is 5. The smallest absolute Gasteiger partial charge is 0.173 e. The van der Waals surface area contributed by atoms with Crippen molar-refractivity contribution in [2.75, 3.05) is 26.7 Å². The maximum atomic E-state index is 6.87. The molecule has 9 rings (SSSR count). The van der Waals surface area contributed by atoms with Gasteiger partial charge in [-0.05, 0) is 103 Å². The molecule has 4 nitrogen and oxygen atoms in total. The van der Waals surface area contributed by atoms with Crippen molar-refractivity contribution in [1.29, 1.82) is 0 Å². The summed E-state index contributed by atoms with van der Waals surface area (Å²) in [6.07, 6.45) is 9.42. The second kappa shape index (κ2) is 8.83. The highest BCUT2D eigenvalue weighted by atomic mass is 32.1. The number of fused-ring (bicyclic) bond motifs is 1. The van der Waals surface area contributed by atoms with Gasteiger partial charge in [0.2, 0.25) is 0 Å². The number of nitrogens with zero attached hydrogens (tertiary/aromatic N) is 2. The van der Waals surface area contributed by atoms with Crippen molar-refractivity contribution in [3.05, 3.63) is 76.0 Å². The molecule has 0 radical (unpaired) electrons. The summed E-state index contributed by atoms with van der Waals surface area (Å²) >= 11 is 1.71. The van der Waals surface area contributed by atoms with E-state index in [0.717, 1.165) is 35.6 Å². The van der Waals surface area contributed by atoms with E-state index < -0.39 is 0 Å². The van der Waals surface area contributed by atoms with Crippen LogP contribution in [0.3, 0.4) is 0 Å². The Kier molecular flexibility index (Phi) is 5.36. The normalized spacial score (nSPS) is 35.8. The maximum absolute atomic E-state index is 6.87. The van der Waals surface area contributed by atoms with Gasteiger partial charge in [-0.3, -0.25) is 9.80 Å². The van der Waals surface area contributed by atoms with Crippen molar-refractivity contribution in [1.82, 2.24) is 9.80 Å². The van der Waals surface area contributed by atoms with Gasteiger partial charge in [-0.2, -0.15) is 0 Å². The molecule has 6 aliphatic rings. The number of rotatable bonds is 7. The Hall–Kier alpha value is -2.34. The summed E-state index contributed by atoms with van der Waals surface area (Å²) in [6.45, 7) is 4.91. The van der Waals surface area contributed by atoms with Crippen LogP contribution in [0.5, 0.6) is 17.2 Å². The van der Waals surface area contributed by atoms with Crippen molar-refractivity contribution in [2.24, 2.45) is 23.2 Å². The second-order valence-corrected chi connectivity index (χ2v) is 14.5. The molecule has 5 fully saturated rings. The van der Waals surface area contributed by atoms with Gasteiger partial charge < -0.3 is 9.47 Å². The minimum Gasteiger partial charge on any atom is -0.493 e. The van der Waals surface area contributed by atoms with E-state index in [4.69, 9.17) is 9.47 Å². The minimum atomic E-state index is 0.171. The largest absolute Gasteiger partial charge is 0.493 e. The summed E-state index contributed by atoms with van der Waals surface area (Å²) in [6, 6.07) is 19.2. The van der Waals surface area contributed by atoms with Crippen LogP contribution in [0, 0.1) is 23.2 Å². The lowest BCUT2D eigenvalue weighted by atomic mass is 9.43. The highest BCUT2D eigenvalue weighted by molar-refractivity contribution is 7.08. The summed E-state index contributed by atoms with van der Waals surface area (Å²) in [4.78, 5) is 5.85. The highest BCUT2D eigenvalue weighted by Gasteiger charge is 2.76. The molecule has 208 valence electrons. The number of benzene rings is 2. The van der Waals surface area contributed by atoms with E-state index in [0.29, 0.717) is 23.4 Å². The van der Waals surface area contributed by atoms with Crippen LogP contribution in [0.4, 0.5) is 0 Å². The van der Waals surface area contributed by atoms with E-state index in [9.17, 15) is 0 Å². The van der Waals surface area contributed by atoms with E-state index in [-0.39, 0.29) is 5.41 Å². The highest BCUT2D eigenvalue weighted by Crippen LogP contribution is 2.77. The van der Waals surface area contributed by atoms with Gasteiger partial charge >= 0.3 is 0 Å². The van der Waals surface area contributed by atoms with Crippen LogP contribution in [0.25, 0.3) is 0 Å². The molecule has 2 saturated heterocycles. The van der Waals surface area contributed by atoms with Gasteiger partial charge in [0.1, 0.15) is 5.75 Å². The number of likely N-dealkylation sites (tertiary alicyclic amines) is 2. The Bertz CT molecular complexity index is 1420. The Balaban J connectivity index is 1.21. The lowest BCUT2D eigenvalue weighted by molar-refractivity contribution is -0.106. The third kappa shape index (κ3) is 3.26. The fraction of sp³-hybridized carbons (Fsp3) is 0.543. The molecule has 3 aromatic rings. The van der Waals surface area contributed by atoms with Crippen LogP contribution in [0.1, 0.15) is 55.2 Å². The maximum Gasteiger partial charge on any atom is 0.173 e. The first kappa shape index (κ1) is 24.3. The molecule has 0 amide bonds. The third-order valence-corrected chi connectivity index (χ3v) is 12.8. The third-order valence-electron chi connectivity index (χ3n) is 12.1. The van der Waals surface area contributed by atoms with E-state index in [1.807, 2.05) is 7.11 Å². The first-order valence-electron chi connectivity index (χ1n) is 15.6. The van der Waals surface area contributed by atoms with E-state index in [2.05, 4.69) is 69.1 Å². The lowest BCUT2D eigenvalue weighted by Gasteiger charge is -2.66. The topological polar surface area (TPSA) is 24.9 Å². The molecule has 6 atom stereocenters. The average Bonchev–Trinajstić information content (AvgIpc) is 3.43. The van der Waals surface area contributed by atoms with Gasteiger partial charge in [0.25, 0.3) is 0 Å². The van der Waals surface area contributed by atoms with Gasteiger partial charge in [0, 0.05) is 48.1 Å². The zero-order valence-electron chi connectivity index (χ0n) is 23.6. The van der Waals surface area contributed by atoms with Crippen molar-refractivity contribution in [3.8, 4) is 17.2 Å². The summed E-state index contributed by atoms with van der Waals surface area (Å²) in [5.41, 5.74) is 5.07. The Labute approximate surface area is 242 Å². The van der Waals surface area contributed by atoms with Crippen LogP contribution >= 0.6 is 11.3 Å². The predicted molar refractivity (Wildman–Crippen MR) is 159 cm³/mol. The molecule has 4 bridgehead atoms. The number of ether oxygens (including phenoxy) is 2. The van der Waals surface area contributed by atoms with Crippen LogP contribution in [-0.2, 0) is 18.4 Å². The summed E-state index contributed by atoms with van der Waals surface area (Å²) in [7, 11) is 1.82. The van der Waals surface area contributed by atoms with Crippen molar-refractivity contribution in [2.45, 2.75) is 69.0 Å². The zero-order chi connectivity index (χ0) is 26.5. The Morgan fingerprint density at radius 1 is 1.00 bits per heavy atom. The molecular formula is C35H40N2O2S. The van der Waals surface area contributed by atoms with Gasteiger partial charge in [-0.15, -0.1) is 11.3 Å². The van der Waals surface area contributed by atoms with Crippen molar-refractivity contribution in [3.63, 3.8) is 0 Å². The molecule has 3 saturated carbocycles. The zero-order valence-corrected chi connectivity index (χ0v) is 24.4. The molecule has 4 unspecified atom stereocenters. The van der Waals surface area contributed by atoms with Gasteiger partial charge in [0.05, 0.1) is 7.11 Å². The SMILES string of the molecule is COc1ccc2c(c1Oc1ccsc1)C13CCN(CC4CC4)C(C2)C12CC[C@H]1C3[C@@H](CN1Cc1ccccc1)C2. The van der Waals surface area contributed by atoms with E-state index in [1.165, 1.54) is 75.7 Å². The van der Waals surface area contributed by atoms with Gasteiger partial charge in [-0.25, -0.2) is 0 Å². The fourth-order valence-electron chi connectivity index (χ4n) is 10.8. The molecule has 4 aliphatic carbocycles. The molecule has 0 N–H and O–H groups in total. The first-order chi connectivity index (χ1) is 19.7. The second-order valence-electron chi connectivity index (χ2n) is 13.7. The van der Waals surface area contributed by atoms with Crippen LogP contribution in [-0.4, -0.2) is 48.6 Å². The Morgan fingerprint density at radius 2 is 1.90 bits per heavy atom. The average molecular weight is 553 g/mol. The molecule has 3 heterocycles. The quantitative estimate of drug-likeness (QED) is 0.311. The van der Waals surface area contributed by atoms with Crippen LogP contribution in [0.2, 0.25) is 0 Å². The molecule has 1 aromatic heterocycles. The van der Waals surface area contributed by atoms with E-state index in [1.54, 1.807) is 16.9 Å². The summed E-state index contributed by atoms with van der Waals surface area (Å²) < 4.78 is 12.9. The predicted octanol–water partition coefficient (Wildman–Crippen LogP) is 7.13. The van der Waals surface area contributed by atoms with E-state index >= 15 is 0 Å². The van der Waals surface area contributed by atoms with Crippen LogP contribution < -0.4 is 9.47 Å². The monoisotopic (exact) mass is 552 g/mol. The Morgan fingerprint density at radius 3 is 2.70 bits per heavy atom. The summed E-state index contributed by atoms with van der Waals surface area (Å²) in [5, 5.41) is 4.26. The van der Waals surface area contributed by atoms with Gasteiger partial charge in [-0.1, -0.05) is 36.4 Å².